The number of hydrogen-bond donors (Lipinski definition) is 2. The van der Waals surface area contributed by atoms with Gasteiger partial charge in [0.15, 0.2) is 0 Å². The Balaban J connectivity index is 1.19. The molecular weight excluding hydrogens is 757 g/mol. The van der Waals surface area contributed by atoms with Gasteiger partial charge in [-0.1, -0.05) is 73.5 Å². The van der Waals surface area contributed by atoms with Crippen LogP contribution in [0.3, 0.4) is 0 Å². The molecule has 4 aromatic rings. The van der Waals surface area contributed by atoms with Crippen LogP contribution in [0.4, 0.5) is 11.9 Å². The molecule has 2 N–H and O–H groups in total. The first-order valence-corrected chi connectivity index (χ1v) is 21.5. The Bertz CT molecular complexity index is 1790. The van der Waals surface area contributed by atoms with Crippen LogP contribution in [0, 0.1) is 0 Å². The third kappa shape index (κ3) is 11.9. The molecule has 0 radical (unpaired) electrons. The van der Waals surface area contributed by atoms with Gasteiger partial charge in [0.05, 0.1) is 28.4 Å². The normalized spacial score (nSPS) is 23.4. The monoisotopic (exact) mass is 825 g/mol. The summed E-state index contributed by atoms with van der Waals surface area (Å²) in [4.78, 5) is 32.5. The first kappa shape index (κ1) is 44.7. The van der Waals surface area contributed by atoms with Gasteiger partial charge in [-0.15, -0.1) is 9.97 Å². The zero-order valence-electron chi connectivity index (χ0n) is 37.6. The minimum absolute atomic E-state index is 0.115. The fourth-order valence-corrected chi connectivity index (χ4v) is 10.1. The molecule has 0 saturated carbocycles. The van der Waals surface area contributed by atoms with Gasteiger partial charge in [-0.3, -0.25) is 0 Å². The van der Waals surface area contributed by atoms with Crippen LogP contribution in [-0.2, 0) is 12.8 Å². The summed E-state index contributed by atoms with van der Waals surface area (Å²) in [6, 6.07) is 22.8. The van der Waals surface area contributed by atoms with E-state index in [9.17, 15) is 0 Å². The number of hydrogen-bond acceptors (Lipinski definition) is 14. The molecule has 2 aromatic heterocycles. The van der Waals surface area contributed by atoms with Crippen LogP contribution in [0.5, 0.6) is 24.0 Å². The van der Waals surface area contributed by atoms with Gasteiger partial charge in [0.25, 0.3) is 0 Å². The van der Waals surface area contributed by atoms with Crippen LogP contribution in [0.1, 0.15) is 104 Å². The van der Waals surface area contributed by atoms with Crippen molar-refractivity contribution < 1.29 is 18.9 Å². The van der Waals surface area contributed by atoms with E-state index >= 15 is 0 Å². The molecule has 2 aliphatic heterocycles. The molecule has 6 rings (SSSR count). The fraction of sp³-hybridized carbons (Fsp3) is 0.609. The van der Waals surface area contributed by atoms with E-state index in [2.05, 4.69) is 133 Å². The van der Waals surface area contributed by atoms with Crippen molar-refractivity contribution in [2.75, 3.05) is 51.3 Å². The Hall–Kier alpha value is -4.82. The van der Waals surface area contributed by atoms with Gasteiger partial charge in [-0.25, -0.2) is 0 Å². The Morgan fingerprint density at radius 1 is 0.483 bits per heavy atom. The summed E-state index contributed by atoms with van der Waals surface area (Å²) in [7, 11) is 6.31. The highest BCUT2D eigenvalue weighted by molar-refractivity contribution is 5.37. The Kier molecular flexibility index (Phi) is 14.4. The molecule has 2 aliphatic rings. The smallest absolute Gasteiger partial charge is 0.324 e. The average Bonchev–Trinajstić information content (AvgIpc) is 3.20. The molecule has 0 amide bonds. The SMILES string of the molecule is COc1nc(OC)nc(N(CCCCCCN(c2nc(OC)nc(OC)n2)C2CC(C)(C)NC(C)(Cc3ccccc3)C2)C2CC(C)(C)NC(C)(Cc3ccccc3)C2)n1. The summed E-state index contributed by atoms with van der Waals surface area (Å²) in [6.45, 7) is 15.4. The number of rotatable bonds is 19. The van der Waals surface area contributed by atoms with E-state index < -0.39 is 0 Å². The second-order valence-electron chi connectivity index (χ2n) is 18.6. The highest BCUT2D eigenvalue weighted by Crippen LogP contribution is 2.38. The molecule has 2 fully saturated rings. The first-order chi connectivity index (χ1) is 28.6. The van der Waals surface area contributed by atoms with Crippen LogP contribution in [-0.4, -0.2) is 106 Å². The molecule has 2 aromatic carbocycles. The van der Waals surface area contributed by atoms with Crippen molar-refractivity contribution in [3.05, 3.63) is 71.8 Å². The number of ether oxygens (including phenoxy) is 4. The molecule has 14 heteroatoms. The second-order valence-corrected chi connectivity index (χ2v) is 18.6. The predicted octanol–water partition coefficient (Wildman–Crippen LogP) is 7.03. The van der Waals surface area contributed by atoms with Crippen molar-refractivity contribution in [2.45, 2.75) is 140 Å². The van der Waals surface area contributed by atoms with E-state index in [4.69, 9.17) is 38.9 Å². The van der Waals surface area contributed by atoms with Crippen molar-refractivity contribution in [1.29, 1.82) is 0 Å². The number of piperidine rings is 2. The summed E-state index contributed by atoms with van der Waals surface area (Å²) in [5.74, 6) is 1.17. The molecule has 0 bridgehead atoms. The van der Waals surface area contributed by atoms with Gasteiger partial charge in [0.1, 0.15) is 0 Å². The minimum atomic E-state index is -0.141. The number of anilines is 2. The van der Waals surface area contributed by atoms with Gasteiger partial charge in [-0.2, -0.15) is 19.9 Å². The highest BCUT2D eigenvalue weighted by Gasteiger charge is 2.45. The average molecular weight is 825 g/mol. The van der Waals surface area contributed by atoms with Crippen molar-refractivity contribution >= 4 is 11.9 Å². The standard InChI is InChI=1S/C46H68N10O4/c1-43(2)29-35(31-45(5,53-43)27-33-21-15-13-16-22-33)55(37-47-39(57-7)51-40(48-37)58-8)25-19-11-12-20-26-56(38-49-41(59-9)52-42(50-38)60-10)36-30-44(3,4)54-46(6,32-36)28-34-23-17-14-18-24-34/h13-18,21-24,35-36,53-54H,11-12,19-20,25-32H2,1-10H3. The maximum absolute atomic E-state index is 5.53. The molecule has 2 saturated heterocycles. The number of aromatic nitrogens is 6. The van der Waals surface area contributed by atoms with Crippen molar-refractivity contribution in [3.63, 3.8) is 0 Å². The zero-order valence-corrected chi connectivity index (χ0v) is 37.6. The molecule has 60 heavy (non-hydrogen) atoms. The van der Waals surface area contributed by atoms with E-state index in [1.165, 1.54) is 11.1 Å². The van der Waals surface area contributed by atoms with Crippen molar-refractivity contribution in [1.82, 2.24) is 40.5 Å². The molecule has 0 aliphatic carbocycles. The summed E-state index contributed by atoms with van der Waals surface area (Å²) in [5, 5.41) is 8.01. The summed E-state index contributed by atoms with van der Waals surface area (Å²) in [6.07, 6.45) is 9.49. The number of methoxy groups -OCH3 is 4. The maximum atomic E-state index is 5.53. The third-order valence-electron chi connectivity index (χ3n) is 11.9. The lowest BCUT2D eigenvalue weighted by atomic mass is 9.75. The Morgan fingerprint density at radius 2 is 0.817 bits per heavy atom. The van der Waals surface area contributed by atoms with Crippen LogP contribution in [0.2, 0.25) is 0 Å². The van der Waals surface area contributed by atoms with Gasteiger partial charge in [0, 0.05) is 47.3 Å². The Morgan fingerprint density at radius 3 is 1.13 bits per heavy atom. The van der Waals surface area contributed by atoms with Gasteiger partial charge in [-0.05, 0) is 104 Å². The summed E-state index contributed by atoms with van der Waals surface area (Å²) < 4.78 is 22.1. The lowest BCUT2D eigenvalue weighted by Gasteiger charge is -2.51. The molecule has 326 valence electrons. The van der Waals surface area contributed by atoms with Crippen LogP contribution >= 0.6 is 0 Å². The fourth-order valence-electron chi connectivity index (χ4n) is 10.1. The van der Waals surface area contributed by atoms with Gasteiger partial charge >= 0.3 is 24.0 Å². The third-order valence-corrected chi connectivity index (χ3v) is 11.9. The Labute approximate surface area is 357 Å². The molecule has 4 atom stereocenters. The number of nitrogens with one attached hydrogen (secondary N) is 2. The predicted molar refractivity (Wildman–Crippen MR) is 237 cm³/mol. The summed E-state index contributed by atoms with van der Waals surface area (Å²) >= 11 is 0. The maximum Gasteiger partial charge on any atom is 0.324 e. The van der Waals surface area contributed by atoms with Gasteiger partial charge < -0.3 is 39.4 Å². The van der Waals surface area contributed by atoms with E-state index in [0.717, 1.165) is 77.3 Å². The summed E-state index contributed by atoms with van der Waals surface area (Å²) in [5.41, 5.74) is 2.12. The van der Waals surface area contributed by atoms with Crippen molar-refractivity contribution in [2.24, 2.45) is 0 Å². The van der Waals surface area contributed by atoms with Crippen molar-refractivity contribution in [3.8, 4) is 24.0 Å². The van der Waals surface area contributed by atoms with Gasteiger partial charge in [0.2, 0.25) is 11.9 Å². The second kappa shape index (κ2) is 19.3. The molecular formula is C46H68N10O4. The number of unbranched alkanes of at least 4 members (excludes halogenated alkanes) is 3. The van der Waals surface area contributed by atoms with E-state index in [1.807, 2.05) is 0 Å². The van der Waals surface area contributed by atoms with Crippen LogP contribution < -0.4 is 39.4 Å². The quantitative estimate of drug-likeness (QED) is 0.0934. The number of benzene rings is 2. The van der Waals surface area contributed by atoms with E-state index in [-0.39, 0.29) is 58.3 Å². The first-order valence-electron chi connectivity index (χ1n) is 21.5. The molecule has 14 nitrogen and oxygen atoms in total. The van der Waals surface area contributed by atoms with E-state index in [0.29, 0.717) is 11.9 Å². The van der Waals surface area contributed by atoms with Crippen LogP contribution in [0.25, 0.3) is 0 Å². The molecule has 4 heterocycles. The zero-order chi connectivity index (χ0) is 43.0. The topological polar surface area (TPSA) is 145 Å². The largest absolute Gasteiger partial charge is 0.467 e. The lowest BCUT2D eigenvalue weighted by Crippen LogP contribution is -2.64. The van der Waals surface area contributed by atoms with Crippen LogP contribution in [0.15, 0.2) is 60.7 Å². The highest BCUT2D eigenvalue weighted by atomic mass is 16.5. The number of nitrogens with zero attached hydrogens (tertiary/aromatic N) is 8. The lowest BCUT2D eigenvalue weighted by molar-refractivity contribution is 0.142. The van der Waals surface area contributed by atoms with E-state index in [1.54, 1.807) is 28.4 Å². The molecule has 0 spiro atoms. The minimum Gasteiger partial charge on any atom is -0.467 e. The molecule has 4 unspecified atom stereocenters.